The van der Waals surface area contributed by atoms with Gasteiger partial charge in [-0.25, -0.2) is 8.78 Å². The van der Waals surface area contributed by atoms with Gasteiger partial charge in [0, 0.05) is 17.3 Å². The highest BCUT2D eigenvalue weighted by Gasteiger charge is 2.47. The van der Waals surface area contributed by atoms with E-state index in [0.29, 0.717) is 12.4 Å². The Bertz CT molecular complexity index is 1360. The van der Waals surface area contributed by atoms with Crippen molar-refractivity contribution in [1.29, 1.82) is 0 Å². The van der Waals surface area contributed by atoms with Gasteiger partial charge in [0.05, 0.1) is 23.2 Å². The van der Waals surface area contributed by atoms with Gasteiger partial charge in [-0.3, -0.25) is 14.5 Å². The molecule has 6 nitrogen and oxygen atoms in total. The SMILES string of the molecule is CCCOc1cccc(/C(O)=C2\C(=O)C(=O)N(c3ccc(F)c(F)c3)C2c2ccc(O)c(Cl)c2)c1. The zero-order chi connectivity index (χ0) is 25.3. The first-order valence-electron chi connectivity index (χ1n) is 10.7. The first-order chi connectivity index (χ1) is 16.7. The Balaban J connectivity index is 1.92. The second-order valence-electron chi connectivity index (χ2n) is 7.85. The van der Waals surface area contributed by atoms with Crippen molar-refractivity contribution < 1.29 is 33.3 Å². The van der Waals surface area contributed by atoms with Gasteiger partial charge in [-0.05, 0) is 48.4 Å². The van der Waals surface area contributed by atoms with E-state index in [1.54, 1.807) is 18.2 Å². The minimum absolute atomic E-state index is 0.0617. The maximum absolute atomic E-state index is 14.0. The number of carbonyl (C=O) groups is 2. The molecule has 35 heavy (non-hydrogen) atoms. The van der Waals surface area contributed by atoms with Crippen LogP contribution in [0.1, 0.15) is 30.5 Å². The van der Waals surface area contributed by atoms with E-state index in [9.17, 15) is 28.6 Å². The van der Waals surface area contributed by atoms with Crippen LogP contribution in [0.15, 0.2) is 66.2 Å². The number of ketones is 1. The molecule has 4 rings (SSSR count). The first kappa shape index (κ1) is 24.2. The number of benzene rings is 3. The Morgan fingerprint density at radius 1 is 1.06 bits per heavy atom. The number of ether oxygens (including phenoxy) is 1. The van der Waals surface area contributed by atoms with Gasteiger partial charge in [0.15, 0.2) is 11.6 Å². The normalized spacial score (nSPS) is 17.1. The predicted molar refractivity (Wildman–Crippen MR) is 126 cm³/mol. The van der Waals surface area contributed by atoms with Crippen molar-refractivity contribution >= 4 is 34.7 Å². The van der Waals surface area contributed by atoms with Crippen molar-refractivity contribution in [2.24, 2.45) is 0 Å². The van der Waals surface area contributed by atoms with Crippen molar-refractivity contribution in [2.75, 3.05) is 11.5 Å². The summed E-state index contributed by atoms with van der Waals surface area (Å²) in [4.78, 5) is 27.2. The molecule has 1 heterocycles. The molecule has 1 fully saturated rings. The summed E-state index contributed by atoms with van der Waals surface area (Å²) in [6.07, 6.45) is 0.761. The molecular formula is C26H20ClF2NO5. The Labute approximate surface area is 204 Å². The van der Waals surface area contributed by atoms with E-state index in [-0.39, 0.29) is 33.2 Å². The summed E-state index contributed by atoms with van der Waals surface area (Å²) < 4.78 is 33.2. The van der Waals surface area contributed by atoms with Gasteiger partial charge < -0.3 is 14.9 Å². The average Bonchev–Trinajstić information content (AvgIpc) is 3.11. The molecule has 1 aliphatic rings. The molecule has 180 valence electrons. The number of hydrogen-bond acceptors (Lipinski definition) is 5. The van der Waals surface area contributed by atoms with Crippen LogP contribution in [0.3, 0.4) is 0 Å². The second-order valence-corrected chi connectivity index (χ2v) is 8.26. The summed E-state index contributed by atoms with van der Waals surface area (Å²) in [5, 5.41) is 21.0. The Morgan fingerprint density at radius 3 is 2.51 bits per heavy atom. The summed E-state index contributed by atoms with van der Waals surface area (Å²) in [5.74, 6) is -4.68. The van der Waals surface area contributed by atoms with Crippen LogP contribution in [-0.4, -0.2) is 28.5 Å². The number of Topliss-reactive ketones (excluding diaryl/α,β-unsaturated/α-hetero) is 1. The lowest BCUT2D eigenvalue weighted by Crippen LogP contribution is -2.29. The van der Waals surface area contributed by atoms with E-state index in [2.05, 4.69) is 0 Å². The quantitative estimate of drug-likeness (QED) is 0.256. The number of phenolic OH excluding ortho intramolecular Hbond substituents is 1. The molecule has 1 aliphatic heterocycles. The lowest BCUT2D eigenvalue weighted by molar-refractivity contribution is -0.132. The number of hydrogen-bond donors (Lipinski definition) is 2. The van der Waals surface area contributed by atoms with Gasteiger partial charge in [0.2, 0.25) is 0 Å². The van der Waals surface area contributed by atoms with Crippen LogP contribution in [-0.2, 0) is 9.59 Å². The van der Waals surface area contributed by atoms with E-state index in [0.717, 1.165) is 29.5 Å². The van der Waals surface area contributed by atoms with Gasteiger partial charge in [-0.1, -0.05) is 36.7 Å². The molecule has 2 N–H and O–H groups in total. The maximum Gasteiger partial charge on any atom is 0.300 e. The molecule has 1 saturated heterocycles. The fourth-order valence-corrected chi connectivity index (χ4v) is 4.04. The van der Waals surface area contributed by atoms with Crippen LogP contribution in [0.5, 0.6) is 11.5 Å². The van der Waals surface area contributed by atoms with E-state index < -0.39 is 35.1 Å². The number of nitrogens with zero attached hydrogens (tertiary/aromatic N) is 1. The highest BCUT2D eigenvalue weighted by molar-refractivity contribution is 6.51. The Morgan fingerprint density at radius 2 is 1.83 bits per heavy atom. The molecule has 0 radical (unpaired) electrons. The number of halogens is 3. The smallest absolute Gasteiger partial charge is 0.300 e. The highest BCUT2D eigenvalue weighted by Crippen LogP contribution is 2.44. The largest absolute Gasteiger partial charge is 0.507 e. The molecule has 1 amide bonds. The number of amides is 1. The van der Waals surface area contributed by atoms with E-state index in [1.165, 1.54) is 24.3 Å². The number of aliphatic hydroxyl groups is 1. The molecule has 0 spiro atoms. The zero-order valence-corrected chi connectivity index (χ0v) is 19.2. The number of carbonyl (C=O) groups excluding carboxylic acids is 2. The van der Waals surface area contributed by atoms with Gasteiger partial charge in [-0.15, -0.1) is 0 Å². The molecule has 0 bridgehead atoms. The molecule has 0 aromatic heterocycles. The molecule has 9 heteroatoms. The van der Waals surface area contributed by atoms with Crippen molar-refractivity contribution in [3.63, 3.8) is 0 Å². The zero-order valence-electron chi connectivity index (χ0n) is 18.5. The van der Waals surface area contributed by atoms with Crippen LogP contribution in [0.4, 0.5) is 14.5 Å². The minimum Gasteiger partial charge on any atom is -0.507 e. The second kappa shape index (κ2) is 9.76. The molecular weight excluding hydrogens is 480 g/mol. The predicted octanol–water partition coefficient (Wildman–Crippen LogP) is 5.74. The Kier molecular flexibility index (Phi) is 6.75. The topological polar surface area (TPSA) is 87.1 Å². The lowest BCUT2D eigenvalue weighted by Gasteiger charge is -2.25. The standard InChI is InChI=1S/C26H20ClF2NO5/c1-2-10-35-17-5-3-4-15(11-17)24(32)22-23(14-6-9-21(31)18(27)12-14)30(26(34)25(22)33)16-7-8-19(28)20(29)13-16/h3-9,11-13,23,31-32H,2,10H2,1H3/b24-22+. The summed E-state index contributed by atoms with van der Waals surface area (Å²) in [7, 11) is 0. The fraction of sp³-hybridized carbons (Fsp3) is 0.154. The summed E-state index contributed by atoms with van der Waals surface area (Å²) in [6.45, 7) is 2.38. The molecule has 1 unspecified atom stereocenters. The fourth-order valence-electron chi connectivity index (χ4n) is 3.85. The van der Waals surface area contributed by atoms with Crippen LogP contribution in [0.2, 0.25) is 5.02 Å². The van der Waals surface area contributed by atoms with Crippen LogP contribution in [0.25, 0.3) is 5.76 Å². The van der Waals surface area contributed by atoms with Gasteiger partial charge in [0.1, 0.15) is 17.3 Å². The van der Waals surface area contributed by atoms with Crippen molar-refractivity contribution in [2.45, 2.75) is 19.4 Å². The molecule has 0 aliphatic carbocycles. The van der Waals surface area contributed by atoms with Crippen LogP contribution >= 0.6 is 11.6 Å². The maximum atomic E-state index is 14.0. The molecule has 1 atom stereocenters. The third kappa shape index (κ3) is 4.57. The van der Waals surface area contributed by atoms with Gasteiger partial charge in [0.25, 0.3) is 11.7 Å². The summed E-state index contributed by atoms with van der Waals surface area (Å²) in [5.41, 5.74) is 0.0989. The highest BCUT2D eigenvalue weighted by atomic mass is 35.5. The molecule has 3 aromatic rings. The minimum atomic E-state index is -1.24. The van der Waals surface area contributed by atoms with Gasteiger partial charge >= 0.3 is 0 Å². The Hall–Kier alpha value is -3.91. The summed E-state index contributed by atoms with van der Waals surface area (Å²) in [6, 6.07) is 11.9. The van der Waals surface area contributed by atoms with Crippen molar-refractivity contribution in [3.8, 4) is 11.5 Å². The number of anilines is 1. The average molecular weight is 500 g/mol. The van der Waals surface area contributed by atoms with E-state index in [1.807, 2.05) is 6.92 Å². The third-order valence-electron chi connectivity index (χ3n) is 5.49. The number of rotatable bonds is 6. The molecule has 3 aromatic carbocycles. The number of aliphatic hydroxyl groups excluding tert-OH is 1. The van der Waals surface area contributed by atoms with Crippen molar-refractivity contribution in [1.82, 2.24) is 0 Å². The van der Waals surface area contributed by atoms with E-state index in [4.69, 9.17) is 16.3 Å². The van der Waals surface area contributed by atoms with E-state index >= 15 is 0 Å². The van der Waals surface area contributed by atoms with Crippen LogP contribution < -0.4 is 9.64 Å². The lowest BCUT2D eigenvalue weighted by atomic mass is 9.95. The molecule has 0 saturated carbocycles. The van der Waals surface area contributed by atoms with Gasteiger partial charge in [-0.2, -0.15) is 0 Å². The third-order valence-corrected chi connectivity index (χ3v) is 5.80. The number of aromatic hydroxyl groups is 1. The summed E-state index contributed by atoms with van der Waals surface area (Å²) >= 11 is 6.08. The first-order valence-corrected chi connectivity index (χ1v) is 11.1. The number of phenols is 1. The van der Waals surface area contributed by atoms with Crippen LogP contribution in [0, 0.1) is 11.6 Å². The monoisotopic (exact) mass is 499 g/mol. The van der Waals surface area contributed by atoms with Crippen molar-refractivity contribution in [3.05, 3.63) is 94.0 Å².